The van der Waals surface area contributed by atoms with Crippen molar-refractivity contribution in [2.24, 2.45) is 5.92 Å². The van der Waals surface area contributed by atoms with Crippen LogP contribution in [0.2, 0.25) is 0 Å². The summed E-state index contributed by atoms with van der Waals surface area (Å²) >= 11 is 7.21. The van der Waals surface area contributed by atoms with Crippen LogP contribution in [0.1, 0.15) is 53.9 Å². The molecule has 0 unspecified atom stereocenters. The van der Waals surface area contributed by atoms with Gasteiger partial charge in [-0.25, -0.2) is 0 Å². The second-order valence-electron chi connectivity index (χ2n) is 3.92. The van der Waals surface area contributed by atoms with Gasteiger partial charge in [-0.15, -0.1) is 0 Å². The number of unbranched alkanes of at least 4 members (excludes halogenated alkanes) is 2. The van der Waals surface area contributed by atoms with Crippen molar-refractivity contribution in [1.29, 1.82) is 0 Å². The predicted molar refractivity (Wildman–Crippen MR) is 87.6 cm³/mol. The van der Waals surface area contributed by atoms with E-state index in [4.69, 9.17) is 29.4 Å². The molecule has 19 heavy (non-hydrogen) atoms. The summed E-state index contributed by atoms with van der Waals surface area (Å²) in [6.07, 6.45) is 5.60. The maximum Gasteiger partial charge on any atom is 0.319 e. The summed E-state index contributed by atoms with van der Waals surface area (Å²) in [7, 11) is 0. The van der Waals surface area contributed by atoms with Gasteiger partial charge in [0.05, 0.1) is 0 Å². The lowest BCUT2D eigenvalue weighted by Crippen LogP contribution is -1.85. The van der Waals surface area contributed by atoms with Crippen molar-refractivity contribution in [3.8, 4) is 0 Å². The topological polar surface area (TPSA) is 121 Å². The summed E-state index contributed by atoms with van der Waals surface area (Å²) in [6.45, 7) is -0.786. The Balaban J connectivity index is -0.0000000906. The third kappa shape index (κ3) is 151. The van der Waals surface area contributed by atoms with Crippen LogP contribution in [0.3, 0.4) is 0 Å². The maximum absolute atomic E-state index is 7.56. The molecule has 0 fully saturated rings. The minimum absolute atomic E-state index is 0. The fourth-order valence-corrected chi connectivity index (χ4v) is 0.803. The van der Waals surface area contributed by atoms with Crippen LogP contribution in [-0.4, -0.2) is 29.4 Å². The second kappa shape index (κ2) is 15.4. The summed E-state index contributed by atoms with van der Waals surface area (Å²) in [6, 6.07) is 0. The summed E-state index contributed by atoms with van der Waals surface area (Å²) < 4.78 is 0. The standard InChI is InChI=1S/C8H18.CH4.2H3O3PS/c1-4-5-6-7-8(2)3;;2*1-4(2,3)5/h8H,4-7H2,1-3H3;1H4;2*(H3,1,2,3,5). The predicted octanol–water partition coefficient (Wildman–Crippen LogP) is 2.23. The summed E-state index contributed by atoms with van der Waals surface area (Å²) in [4.78, 5) is 45.3. The minimum atomic E-state index is -3.81. The number of hydrogen-bond acceptors (Lipinski definition) is 2. The lowest BCUT2D eigenvalue weighted by molar-refractivity contribution is 0.361. The average molecular weight is 358 g/mol. The van der Waals surface area contributed by atoms with Crippen molar-refractivity contribution in [2.45, 2.75) is 53.9 Å². The Morgan fingerprint density at radius 1 is 0.842 bits per heavy atom. The van der Waals surface area contributed by atoms with Crippen LogP contribution >= 0.6 is 13.4 Å². The van der Waals surface area contributed by atoms with Crippen molar-refractivity contribution >= 4 is 37.1 Å². The molecule has 0 aromatic carbocycles. The molecule has 0 spiro atoms. The van der Waals surface area contributed by atoms with Crippen molar-refractivity contribution in [3.63, 3.8) is 0 Å². The second-order valence-corrected chi connectivity index (χ2v) is 8.91. The highest BCUT2D eigenvalue weighted by Crippen LogP contribution is 2.26. The highest BCUT2D eigenvalue weighted by Gasteiger charge is 1.92. The molecule has 0 atom stereocenters. The van der Waals surface area contributed by atoms with Gasteiger partial charge in [0.2, 0.25) is 0 Å². The summed E-state index contributed by atoms with van der Waals surface area (Å²) in [5.74, 6) is 0.904. The van der Waals surface area contributed by atoms with Gasteiger partial charge in [-0.2, -0.15) is 0 Å². The van der Waals surface area contributed by atoms with Gasteiger partial charge >= 0.3 is 13.4 Å². The SMILES string of the molecule is C.CCCCCC(C)C.OP(O)(O)=S.OP(O)(O)=S. The van der Waals surface area contributed by atoms with Crippen LogP contribution in [0.15, 0.2) is 0 Å². The van der Waals surface area contributed by atoms with Gasteiger partial charge in [-0.1, -0.05) is 53.9 Å². The molecular formula is C9H28O6P2S2. The van der Waals surface area contributed by atoms with E-state index in [-0.39, 0.29) is 7.43 Å². The molecule has 0 aromatic rings. The first kappa shape index (κ1) is 28.3. The first-order valence-corrected chi connectivity index (χ1v) is 10.7. The van der Waals surface area contributed by atoms with Crippen LogP contribution in [0.25, 0.3) is 0 Å². The van der Waals surface area contributed by atoms with Gasteiger partial charge in [0.25, 0.3) is 0 Å². The van der Waals surface area contributed by atoms with E-state index in [1.807, 2.05) is 0 Å². The van der Waals surface area contributed by atoms with Crippen molar-refractivity contribution in [1.82, 2.24) is 0 Å². The molecule has 0 radical (unpaired) electrons. The minimum Gasteiger partial charge on any atom is -0.325 e. The van der Waals surface area contributed by atoms with E-state index >= 15 is 0 Å². The molecule has 0 rings (SSSR count). The van der Waals surface area contributed by atoms with Gasteiger partial charge in [0.1, 0.15) is 0 Å². The average Bonchev–Trinajstić information content (AvgIpc) is 1.97. The summed E-state index contributed by atoms with van der Waals surface area (Å²) in [5.41, 5.74) is 0. The third-order valence-electron chi connectivity index (χ3n) is 1.39. The zero-order chi connectivity index (χ0) is 15.4. The lowest BCUT2D eigenvalue weighted by atomic mass is 10.1. The molecule has 6 nitrogen and oxygen atoms in total. The highest BCUT2D eigenvalue weighted by atomic mass is 32.5. The van der Waals surface area contributed by atoms with Crippen molar-refractivity contribution in [2.75, 3.05) is 0 Å². The van der Waals surface area contributed by atoms with Gasteiger partial charge in [0.15, 0.2) is 0 Å². The fourth-order valence-electron chi connectivity index (χ4n) is 0.803. The van der Waals surface area contributed by atoms with Crippen molar-refractivity contribution in [3.05, 3.63) is 0 Å². The zero-order valence-electron chi connectivity index (χ0n) is 10.8. The monoisotopic (exact) mass is 358 g/mol. The molecule has 0 aliphatic carbocycles. The van der Waals surface area contributed by atoms with E-state index in [1.165, 1.54) is 25.7 Å². The first-order chi connectivity index (χ1) is 7.77. The lowest BCUT2D eigenvalue weighted by Gasteiger charge is -2.00. The van der Waals surface area contributed by atoms with E-state index in [0.29, 0.717) is 0 Å². The molecule has 0 aliphatic rings. The van der Waals surface area contributed by atoms with E-state index in [9.17, 15) is 0 Å². The Bertz CT molecular complexity index is 227. The molecule has 0 saturated heterocycles. The van der Waals surface area contributed by atoms with Crippen LogP contribution in [-0.2, 0) is 23.6 Å². The fraction of sp³-hybridized carbons (Fsp3) is 1.00. The highest BCUT2D eigenvalue weighted by molar-refractivity contribution is 8.06. The van der Waals surface area contributed by atoms with Crippen LogP contribution in [0.5, 0.6) is 0 Å². The van der Waals surface area contributed by atoms with Gasteiger partial charge in [0, 0.05) is 0 Å². The van der Waals surface area contributed by atoms with Crippen LogP contribution in [0, 0.1) is 5.92 Å². The van der Waals surface area contributed by atoms with E-state index < -0.39 is 13.4 Å². The molecular weight excluding hydrogens is 330 g/mol. The molecule has 0 heterocycles. The third-order valence-corrected chi connectivity index (χ3v) is 1.39. The van der Waals surface area contributed by atoms with E-state index in [1.54, 1.807) is 0 Å². The molecule has 6 N–H and O–H groups in total. The molecule has 0 bridgehead atoms. The Hall–Kier alpha value is 1.06. The Labute approximate surface area is 126 Å². The molecule has 122 valence electrons. The molecule has 0 aliphatic heterocycles. The zero-order valence-corrected chi connectivity index (χ0v) is 14.2. The van der Waals surface area contributed by atoms with Gasteiger partial charge < -0.3 is 29.4 Å². The molecule has 10 heteroatoms. The Kier molecular flexibility index (Phi) is 23.0. The van der Waals surface area contributed by atoms with E-state index in [2.05, 4.69) is 44.4 Å². The summed E-state index contributed by atoms with van der Waals surface area (Å²) in [5, 5.41) is 0. The van der Waals surface area contributed by atoms with Gasteiger partial charge in [-0.05, 0) is 29.5 Å². The largest absolute Gasteiger partial charge is 0.325 e. The number of rotatable bonds is 4. The van der Waals surface area contributed by atoms with Crippen molar-refractivity contribution < 1.29 is 29.4 Å². The molecule has 0 amide bonds. The Morgan fingerprint density at radius 3 is 1.26 bits per heavy atom. The quantitative estimate of drug-likeness (QED) is 0.334. The first-order valence-electron chi connectivity index (χ1n) is 5.34. The molecule has 0 saturated carbocycles. The maximum atomic E-state index is 7.56. The van der Waals surface area contributed by atoms with Crippen LogP contribution in [0.4, 0.5) is 0 Å². The van der Waals surface area contributed by atoms with E-state index in [0.717, 1.165) is 5.92 Å². The van der Waals surface area contributed by atoms with Gasteiger partial charge in [-0.3, -0.25) is 0 Å². The van der Waals surface area contributed by atoms with Crippen LogP contribution < -0.4 is 0 Å². The number of hydrogen-bond donors (Lipinski definition) is 6. The normalized spacial score (nSPS) is 10.6. The molecule has 0 aromatic heterocycles. The smallest absolute Gasteiger partial charge is 0.319 e. The Morgan fingerprint density at radius 2 is 1.11 bits per heavy atom.